The molecule has 0 saturated heterocycles. The van der Waals surface area contributed by atoms with Gasteiger partial charge in [-0.25, -0.2) is 4.98 Å². The third-order valence-electron chi connectivity index (χ3n) is 5.86. The number of fused-ring (bicyclic) bond motifs is 2. The van der Waals surface area contributed by atoms with Gasteiger partial charge in [0.1, 0.15) is 11.2 Å². The van der Waals surface area contributed by atoms with Crippen molar-refractivity contribution in [1.82, 2.24) is 35.1 Å². The van der Waals surface area contributed by atoms with Crippen LogP contribution < -0.4 is 5.32 Å². The van der Waals surface area contributed by atoms with Gasteiger partial charge in [-0.05, 0) is 35.9 Å². The van der Waals surface area contributed by atoms with E-state index in [1.807, 2.05) is 30.6 Å². The average Bonchev–Trinajstić information content (AvgIpc) is 3.62. The maximum atomic E-state index is 4.91. The van der Waals surface area contributed by atoms with Gasteiger partial charge in [0.25, 0.3) is 0 Å². The van der Waals surface area contributed by atoms with Gasteiger partial charge >= 0.3 is 0 Å². The smallest absolute Gasteiger partial charge is 0.159 e. The fourth-order valence-corrected chi connectivity index (χ4v) is 5.05. The maximum Gasteiger partial charge on any atom is 0.159 e. The number of H-pyrrole nitrogens is 2. The summed E-state index contributed by atoms with van der Waals surface area (Å²) in [5, 5.41) is 14.0. The molecule has 0 aliphatic heterocycles. The van der Waals surface area contributed by atoms with E-state index in [1.165, 1.54) is 0 Å². The minimum absolute atomic E-state index is 0.528. The fourth-order valence-electron chi connectivity index (χ4n) is 4.31. The second-order valence-corrected chi connectivity index (χ2v) is 10.1. The monoisotopic (exact) mass is 492 g/mol. The number of thiophene rings is 1. The number of allylic oxidation sites excluding steroid dienone is 1. The second-order valence-electron chi connectivity index (χ2n) is 9.12. The third kappa shape index (κ3) is 4.14. The SMILES string of the molecule is C=C(CC(C)C)Nc1cncc(-c2cc3c(-c4nc5c(-c6cccs6)cncc5[nH]4)n[nH]c3cn2)c1. The summed E-state index contributed by atoms with van der Waals surface area (Å²) in [5.74, 6) is 1.21. The summed E-state index contributed by atoms with van der Waals surface area (Å²) in [6.07, 6.45) is 9.94. The van der Waals surface area contributed by atoms with Crippen LogP contribution in [-0.2, 0) is 0 Å². The normalized spacial score (nSPS) is 11.5. The fraction of sp³-hybridized carbons (Fsp3) is 0.148. The Kier molecular flexibility index (Phi) is 5.54. The molecule has 6 aromatic rings. The maximum absolute atomic E-state index is 4.91. The van der Waals surface area contributed by atoms with Gasteiger partial charge in [-0.2, -0.15) is 5.10 Å². The summed E-state index contributed by atoms with van der Waals surface area (Å²) in [6, 6.07) is 8.16. The lowest BCUT2D eigenvalue weighted by Gasteiger charge is -2.12. The lowest BCUT2D eigenvalue weighted by atomic mass is 10.1. The number of aromatic amines is 2. The Morgan fingerprint density at radius 1 is 1.08 bits per heavy atom. The van der Waals surface area contributed by atoms with Gasteiger partial charge in [0.15, 0.2) is 5.82 Å². The zero-order valence-corrected chi connectivity index (χ0v) is 20.7. The lowest BCUT2D eigenvalue weighted by molar-refractivity contribution is 0.645. The number of pyridine rings is 3. The summed E-state index contributed by atoms with van der Waals surface area (Å²) >= 11 is 1.67. The molecule has 0 fully saturated rings. The molecule has 8 nitrogen and oxygen atoms in total. The van der Waals surface area contributed by atoms with E-state index >= 15 is 0 Å². The van der Waals surface area contributed by atoms with E-state index in [4.69, 9.17) is 4.98 Å². The molecular formula is C27H24N8S. The molecule has 9 heteroatoms. The molecule has 36 heavy (non-hydrogen) atoms. The molecule has 0 amide bonds. The van der Waals surface area contributed by atoms with Crippen molar-refractivity contribution in [3.05, 3.63) is 72.9 Å². The highest BCUT2D eigenvalue weighted by Crippen LogP contribution is 2.33. The van der Waals surface area contributed by atoms with E-state index in [1.54, 1.807) is 29.9 Å². The van der Waals surface area contributed by atoms with Crippen LogP contribution in [0.25, 0.3) is 55.2 Å². The number of aromatic nitrogens is 7. The summed E-state index contributed by atoms with van der Waals surface area (Å²) in [4.78, 5) is 22.9. The van der Waals surface area contributed by atoms with E-state index in [0.717, 1.165) is 67.1 Å². The molecule has 0 aliphatic rings. The van der Waals surface area contributed by atoms with Crippen LogP contribution in [0.5, 0.6) is 0 Å². The Bertz CT molecular complexity index is 1690. The van der Waals surface area contributed by atoms with Gasteiger partial charge in [-0.15, -0.1) is 11.3 Å². The van der Waals surface area contributed by atoms with Crippen LogP contribution in [0.2, 0.25) is 0 Å². The Hall–Kier alpha value is -4.37. The van der Waals surface area contributed by atoms with Crippen LogP contribution in [-0.4, -0.2) is 35.1 Å². The van der Waals surface area contributed by atoms with Crippen LogP contribution in [0.15, 0.2) is 72.9 Å². The first-order chi connectivity index (χ1) is 17.5. The van der Waals surface area contributed by atoms with Gasteiger partial charge in [0, 0.05) is 39.5 Å². The van der Waals surface area contributed by atoms with Crippen LogP contribution in [0.3, 0.4) is 0 Å². The van der Waals surface area contributed by atoms with Crippen LogP contribution in [0, 0.1) is 5.92 Å². The van der Waals surface area contributed by atoms with Crippen molar-refractivity contribution in [3.63, 3.8) is 0 Å². The Labute approximate surface area is 211 Å². The number of nitrogens with one attached hydrogen (secondary N) is 3. The molecule has 178 valence electrons. The van der Waals surface area contributed by atoms with Crippen molar-refractivity contribution in [2.24, 2.45) is 5.92 Å². The summed E-state index contributed by atoms with van der Waals surface area (Å²) in [6.45, 7) is 8.47. The van der Waals surface area contributed by atoms with Crippen molar-refractivity contribution in [2.45, 2.75) is 20.3 Å². The number of anilines is 1. The third-order valence-corrected chi connectivity index (χ3v) is 6.77. The molecule has 0 aliphatic carbocycles. The van der Waals surface area contributed by atoms with Gasteiger partial charge in [0.05, 0.1) is 41.0 Å². The second kappa shape index (κ2) is 9.01. The Morgan fingerprint density at radius 2 is 1.97 bits per heavy atom. The van der Waals surface area contributed by atoms with E-state index in [0.29, 0.717) is 11.7 Å². The predicted octanol–water partition coefficient (Wildman–Crippen LogP) is 6.66. The highest BCUT2D eigenvalue weighted by molar-refractivity contribution is 7.13. The summed E-state index contributed by atoms with van der Waals surface area (Å²) in [7, 11) is 0. The molecule has 0 atom stereocenters. The van der Waals surface area contributed by atoms with Crippen LogP contribution in [0.1, 0.15) is 20.3 Å². The van der Waals surface area contributed by atoms with Crippen molar-refractivity contribution in [1.29, 1.82) is 0 Å². The van der Waals surface area contributed by atoms with Crippen molar-refractivity contribution < 1.29 is 0 Å². The van der Waals surface area contributed by atoms with E-state index in [9.17, 15) is 0 Å². The molecule has 0 bridgehead atoms. The predicted molar refractivity (Wildman–Crippen MR) is 146 cm³/mol. The topological polar surface area (TPSA) is 108 Å². The molecule has 0 saturated carbocycles. The quantitative estimate of drug-likeness (QED) is 0.230. The van der Waals surface area contributed by atoms with Crippen molar-refractivity contribution in [3.8, 4) is 33.2 Å². The zero-order chi connectivity index (χ0) is 24.6. The molecule has 6 rings (SSSR count). The highest BCUT2D eigenvalue weighted by atomic mass is 32.1. The standard InChI is InChI=1S/C27H24N8S/c1-15(2)7-16(3)31-18-8-17(10-28-11-18)21-9-19-22(14-30-21)34-35-26(19)27-32-23-13-29-12-20(25(23)33-27)24-5-4-6-36-24/h4-6,8-15,31H,3,7H2,1-2H3,(H,32,33)(H,34,35). The largest absolute Gasteiger partial charge is 0.358 e. The zero-order valence-electron chi connectivity index (χ0n) is 19.9. The van der Waals surface area contributed by atoms with Crippen LogP contribution >= 0.6 is 11.3 Å². The first kappa shape index (κ1) is 22.1. The molecule has 0 radical (unpaired) electrons. The van der Waals surface area contributed by atoms with Gasteiger partial charge in [-0.3, -0.25) is 20.1 Å². The summed E-state index contributed by atoms with van der Waals surface area (Å²) in [5.41, 5.74) is 7.86. The highest BCUT2D eigenvalue weighted by Gasteiger charge is 2.17. The Morgan fingerprint density at radius 3 is 2.81 bits per heavy atom. The minimum Gasteiger partial charge on any atom is -0.358 e. The average molecular weight is 493 g/mol. The van der Waals surface area contributed by atoms with Gasteiger partial charge < -0.3 is 10.3 Å². The molecule has 6 heterocycles. The molecular weight excluding hydrogens is 468 g/mol. The molecule has 6 aromatic heterocycles. The molecule has 0 spiro atoms. The number of imidazole rings is 1. The van der Waals surface area contributed by atoms with E-state index < -0.39 is 0 Å². The van der Waals surface area contributed by atoms with Gasteiger partial charge in [-0.1, -0.05) is 26.5 Å². The molecule has 3 N–H and O–H groups in total. The summed E-state index contributed by atoms with van der Waals surface area (Å²) < 4.78 is 0. The van der Waals surface area contributed by atoms with E-state index in [-0.39, 0.29) is 0 Å². The first-order valence-electron chi connectivity index (χ1n) is 11.7. The first-order valence-corrected chi connectivity index (χ1v) is 12.6. The van der Waals surface area contributed by atoms with E-state index in [2.05, 4.69) is 67.3 Å². The molecule has 0 aromatic carbocycles. The Balaban J connectivity index is 1.38. The van der Waals surface area contributed by atoms with Crippen molar-refractivity contribution >= 4 is 39.0 Å². The van der Waals surface area contributed by atoms with Gasteiger partial charge in [0.2, 0.25) is 0 Å². The number of rotatable bonds is 7. The number of nitrogens with zero attached hydrogens (tertiary/aromatic N) is 5. The molecule has 0 unspecified atom stereocenters. The number of hydrogen-bond acceptors (Lipinski definition) is 7. The minimum atomic E-state index is 0.528. The lowest BCUT2D eigenvalue weighted by Crippen LogP contribution is -2.02. The van der Waals surface area contributed by atoms with Crippen molar-refractivity contribution in [2.75, 3.05) is 5.32 Å². The van der Waals surface area contributed by atoms with Crippen LogP contribution in [0.4, 0.5) is 5.69 Å². The number of hydrogen-bond donors (Lipinski definition) is 3.